The molecule has 4 heteroatoms. The summed E-state index contributed by atoms with van der Waals surface area (Å²) in [6, 6.07) is 2.93. The zero-order chi connectivity index (χ0) is 12.1. The van der Waals surface area contributed by atoms with Crippen LogP contribution in [0, 0.1) is 11.3 Å². The third-order valence-corrected chi connectivity index (χ3v) is 3.47. The topological polar surface area (TPSA) is 54.3 Å². The van der Waals surface area contributed by atoms with Gasteiger partial charge < -0.3 is 9.47 Å². The Morgan fingerprint density at radius 3 is 2.65 bits per heavy atom. The minimum atomic E-state index is -0.424. The van der Waals surface area contributed by atoms with Crippen LogP contribution < -0.4 is 5.32 Å². The van der Waals surface area contributed by atoms with Gasteiger partial charge >= 0.3 is 0 Å². The lowest BCUT2D eigenvalue weighted by atomic mass is 10.0. The van der Waals surface area contributed by atoms with Crippen molar-refractivity contribution < 1.29 is 9.47 Å². The lowest BCUT2D eigenvalue weighted by Gasteiger charge is -2.26. The summed E-state index contributed by atoms with van der Waals surface area (Å²) >= 11 is 0. The Labute approximate surface area is 103 Å². The first-order valence-electron chi connectivity index (χ1n) is 6.60. The van der Waals surface area contributed by atoms with Crippen LogP contribution in [0.1, 0.15) is 39.0 Å². The van der Waals surface area contributed by atoms with Crippen LogP contribution in [0.5, 0.6) is 0 Å². The normalized spacial score (nSPS) is 25.2. The molecule has 1 heterocycles. The lowest BCUT2D eigenvalue weighted by Crippen LogP contribution is -2.43. The summed E-state index contributed by atoms with van der Waals surface area (Å²) in [5.74, 6) is 0. The summed E-state index contributed by atoms with van der Waals surface area (Å²) in [6.07, 6.45) is 5.47. The number of rotatable bonds is 6. The molecule has 1 aliphatic carbocycles. The Bertz CT molecular complexity index is 280. The zero-order valence-corrected chi connectivity index (χ0v) is 10.6. The van der Waals surface area contributed by atoms with Crippen molar-refractivity contribution in [3.05, 3.63) is 0 Å². The predicted octanol–water partition coefficient (Wildman–Crippen LogP) is 1.61. The Morgan fingerprint density at radius 1 is 1.35 bits per heavy atom. The molecule has 2 aliphatic rings. The van der Waals surface area contributed by atoms with E-state index in [9.17, 15) is 5.26 Å². The van der Waals surface area contributed by atoms with Gasteiger partial charge in [0.25, 0.3) is 0 Å². The van der Waals surface area contributed by atoms with Gasteiger partial charge in [-0.15, -0.1) is 0 Å². The fraction of sp³-hybridized carbons (Fsp3) is 0.923. The predicted molar refractivity (Wildman–Crippen MR) is 64.6 cm³/mol. The van der Waals surface area contributed by atoms with E-state index in [0.717, 1.165) is 32.5 Å². The van der Waals surface area contributed by atoms with Crippen LogP contribution in [0.3, 0.4) is 0 Å². The van der Waals surface area contributed by atoms with Crippen molar-refractivity contribution in [1.82, 2.24) is 5.32 Å². The lowest BCUT2D eigenvalue weighted by molar-refractivity contribution is -0.0352. The summed E-state index contributed by atoms with van der Waals surface area (Å²) in [7, 11) is 0. The van der Waals surface area contributed by atoms with Gasteiger partial charge in [-0.05, 0) is 32.6 Å². The summed E-state index contributed by atoms with van der Waals surface area (Å²) < 4.78 is 11.1. The van der Waals surface area contributed by atoms with Crippen LogP contribution in [0.4, 0.5) is 0 Å². The molecule has 96 valence electrons. The minimum Gasteiger partial charge on any atom is -0.381 e. The van der Waals surface area contributed by atoms with E-state index >= 15 is 0 Å². The first-order chi connectivity index (χ1) is 8.22. The molecule has 0 aromatic carbocycles. The molecule has 1 saturated heterocycles. The van der Waals surface area contributed by atoms with Gasteiger partial charge in [-0.1, -0.05) is 0 Å². The average Bonchev–Trinajstić information content (AvgIpc) is 3.14. The molecule has 0 spiro atoms. The largest absolute Gasteiger partial charge is 0.381 e. The molecule has 17 heavy (non-hydrogen) atoms. The highest BCUT2D eigenvalue weighted by atomic mass is 16.5. The smallest absolute Gasteiger partial charge is 0.106 e. The molecule has 1 aliphatic heterocycles. The van der Waals surface area contributed by atoms with Gasteiger partial charge in [0, 0.05) is 32.3 Å². The van der Waals surface area contributed by atoms with E-state index in [2.05, 4.69) is 11.4 Å². The molecule has 2 fully saturated rings. The second kappa shape index (κ2) is 5.81. The van der Waals surface area contributed by atoms with Gasteiger partial charge in [0.05, 0.1) is 12.2 Å². The quantitative estimate of drug-likeness (QED) is 0.763. The van der Waals surface area contributed by atoms with Gasteiger partial charge in [-0.25, -0.2) is 0 Å². The molecule has 1 N–H and O–H groups in total. The minimum absolute atomic E-state index is 0.326. The maximum absolute atomic E-state index is 9.21. The van der Waals surface area contributed by atoms with E-state index in [1.165, 1.54) is 12.8 Å². The monoisotopic (exact) mass is 238 g/mol. The number of hydrogen-bond donors (Lipinski definition) is 1. The third kappa shape index (κ3) is 4.27. The fourth-order valence-electron chi connectivity index (χ4n) is 2.11. The SMILES string of the molecule is CC(C#N)(CCOC1CCOCC1)NC1CC1. The molecule has 0 aromatic rings. The Kier molecular flexibility index (Phi) is 4.38. The fourth-order valence-corrected chi connectivity index (χ4v) is 2.11. The zero-order valence-electron chi connectivity index (χ0n) is 10.6. The van der Waals surface area contributed by atoms with Crippen LogP contribution in [-0.4, -0.2) is 37.5 Å². The first-order valence-corrected chi connectivity index (χ1v) is 6.60. The summed E-state index contributed by atoms with van der Waals surface area (Å²) in [5, 5.41) is 12.6. The van der Waals surface area contributed by atoms with Gasteiger partial charge in [0.2, 0.25) is 0 Å². The maximum Gasteiger partial charge on any atom is 0.106 e. The standard InChI is InChI=1S/C13H22N2O2/c1-13(10-14,15-11-2-3-11)6-9-17-12-4-7-16-8-5-12/h11-12,15H,2-9H2,1H3. The molecular formula is C13H22N2O2. The van der Waals surface area contributed by atoms with Crippen LogP contribution in [0.15, 0.2) is 0 Å². The van der Waals surface area contributed by atoms with Gasteiger partial charge in [0.1, 0.15) is 5.54 Å². The molecule has 1 unspecified atom stereocenters. The molecule has 1 saturated carbocycles. The van der Waals surface area contributed by atoms with Crippen molar-refractivity contribution in [2.24, 2.45) is 0 Å². The summed E-state index contributed by atoms with van der Waals surface area (Å²) in [5.41, 5.74) is -0.424. The van der Waals surface area contributed by atoms with E-state index in [4.69, 9.17) is 9.47 Å². The molecule has 4 nitrogen and oxygen atoms in total. The molecule has 0 radical (unpaired) electrons. The molecule has 0 aromatic heterocycles. The van der Waals surface area contributed by atoms with Gasteiger partial charge in [-0.3, -0.25) is 5.32 Å². The molecular weight excluding hydrogens is 216 g/mol. The van der Waals surface area contributed by atoms with E-state index in [-0.39, 0.29) is 0 Å². The number of nitrogens with one attached hydrogen (secondary N) is 1. The molecule has 2 rings (SSSR count). The van der Waals surface area contributed by atoms with E-state index in [0.29, 0.717) is 18.8 Å². The number of nitriles is 1. The van der Waals surface area contributed by atoms with Crippen molar-refractivity contribution in [2.45, 2.75) is 56.7 Å². The van der Waals surface area contributed by atoms with Crippen molar-refractivity contribution in [1.29, 1.82) is 5.26 Å². The van der Waals surface area contributed by atoms with E-state index in [1.54, 1.807) is 0 Å². The van der Waals surface area contributed by atoms with Gasteiger partial charge in [0.15, 0.2) is 0 Å². The third-order valence-electron chi connectivity index (χ3n) is 3.47. The Morgan fingerprint density at radius 2 is 2.06 bits per heavy atom. The van der Waals surface area contributed by atoms with Crippen LogP contribution in [0.25, 0.3) is 0 Å². The average molecular weight is 238 g/mol. The van der Waals surface area contributed by atoms with Crippen molar-refractivity contribution >= 4 is 0 Å². The van der Waals surface area contributed by atoms with Crippen molar-refractivity contribution in [3.8, 4) is 6.07 Å². The maximum atomic E-state index is 9.21. The molecule has 1 atom stereocenters. The molecule has 0 amide bonds. The van der Waals surface area contributed by atoms with E-state index < -0.39 is 5.54 Å². The highest BCUT2D eigenvalue weighted by Crippen LogP contribution is 2.24. The second-order valence-corrected chi connectivity index (χ2v) is 5.30. The Balaban J connectivity index is 1.66. The highest BCUT2D eigenvalue weighted by molar-refractivity contribution is 5.07. The first kappa shape index (κ1) is 12.8. The number of nitrogens with zero attached hydrogens (tertiary/aromatic N) is 1. The molecule has 0 bridgehead atoms. The van der Waals surface area contributed by atoms with E-state index in [1.807, 2.05) is 6.92 Å². The number of hydrogen-bond acceptors (Lipinski definition) is 4. The second-order valence-electron chi connectivity index (χ2n) is 5.30. The number of ether oxygens (including phenoxy) is 2. The Hall–Kier alpha value is -0.630. The summed E-state index contributed by atoms with van der Waals surface area (Å²) in [4.78, 5) is 0. The summed E-state index contributed by atoms with van der Waals surface area (Å²) in [6.45, 7) is 4.24. The van der Waals surface area contributed by atoms with Crippen molar-refractivity contribution in [2.75, 3.05) is 19.8 Å². The van der Waals surface area contributed by atoms with Crippen LogP contribution in [0.2, 0.25) is 0 Å². The highest BCUT2D eigenvalue weighted by Gasteiger charge is 2.32. The van der Waals surface area contributed by atoms with Crippen molar-refractivity contribution in [3.63, 3.8) is 0 Å². The van der Waals surface area contributed by atoms with Gasteiger partial charge in [-0.2, -0.15) is 5.26 Å². The van der Waals surface area contributed by atoms with Crippen LogP contribution in [-0.2, 0) is 9.47 Å². The van der Waals surface area contributed by atoms with Crippen LogP contribution >= 0.6 is 0 Å².